The van der Waals surface area contributed by atoms with E-state index in [9.17, 15) is 0 Å². The van der Waals surface area contributed by atoms with Crippen LogP contribution in [0.3, 0.4) is 0 Å². The fourth-order valence-electron chi connectivity index (χ4n) is 2.31. The number of nitrogen functional groups attached to an aromatic ring is 1. The highest BCUT2D eigenvalue weighted by atomic mass is 15.3. The normalized spacial score (nSPS) is 10.7. The van der Waals surface area contributed by atoms with Crippen molar-refractivity contribution in [1.82, 2.24) is 14.8 Å². The van der Waals surface area contributed by atoms with Crippen molar-refractivity contribution in [2.24, 2.45) is 7.05 Å². The van der Waals surface area contributed by atoms with Crippen LogP contribution in [0.4, 0.5) is 5.82 Å². The lowest BCUT2D eigenvalue weighted by Crippen LogP contribution is -1.97. The molecule has 3 rings (SSSR count). The van der Waals surface area contributed by atoms with Gasteiger partial charge in [-0.3, -0.25) is 9.67 Å². The molecule has 0 radical (unpaired) electrons. The topological polar surface area (TPSA) is 56.7 Å². The summed E-state index contributed by atoms with van der Waals surface area (Å²) in [6.07, 6.45) is 3.65. The van der Waals surface area contributed by atoms with Gasteiger partial charge in [-0.05, 0) is 24.1 Å². The molecule has 0 bridgehead atoms. The number of aromatic nitrogens is 3. The van der Waals surface area contributed by atoms with Gasteiger partial charge in [0.25, 0.3) is 0 Å². The van der Waals surface area contributed by atoms with Crippen LogP contribution in [0, 0.1) is 6.92 Å². The summed E-state index contributed by atoms with van der Waals surface area (Å²) in [5, 5.41) is 4.55. The van der Waals surface area contributed by atoms with Crippen LogP contribution in [-0.2, 0) is 7.05 Å². The average Bonchev–Trinajstić information content (AvgIpc) is 2.76. The SMILES string of the molecule is Cc1cncc(-c2nn(C)c(N)c2-c2ccccc2)c1. The van der Waals surface area contributed by atoms with Crippen molar-refractivity contribution < 1.29 is 0 Å². The van der Waals surface area contributed by atoms with E-state index in [1.807, 2.05) is 56.7 Å². The molecule has 2 aromatic heterocycles. The van der Waals surface area contributed by atoms with E-state index >= 15 is 0 Å². The lowest BCUT2D eigenvalue weighted by molar-refractivity contribution is 0.782. The van der Waals surface area contributed by atoms with Crippen molar-refractivity contribution in [2.75, 3.05) is 5.73 Å². The zero-order valence-electron chi connectivity index (χ0n) is 11.5. The molecule has 2 N–H and O–H groups in total. The van der Waals surface area contributed by atoms with Gasteiger partial charge in [0.1, 0.15) is 11.5 Å². The van der Waals surface area contributed by atoms with Gasteiger partial charge in [-0.15, -0.1) is 0 Å². The lowest BCUT2D eigenvalue weighted by atomic mass is 10.0. The first-order valence-electron chi connectivity index (χ1n) is 6.46. The zero-order valence-corrected chi connectivity index (χ0v) is 11.5. The third-order valence-electron chi connectivity index (χ3n) is 3.30. The first kappa shape index (κ1) is 12.4. The summed E-state index contributed by atoms with van der Waals surface area (Å²) >= 11 is 0. The minimum Gasteiger partial charge on any atom is -0.383 e. The lowest BCUT2D eigenvalue weighted by Gasteiger charge is -2.04. The number of aryl methyl sites for hydroxylation is 2. The molecule has 0 saturated heterocycles. The molecular formula is C16H16N4. The number of nitrogens with two attached hydrogens (primary N) is 1. The number of rotatable bonds is 2. The van der Waals surface area contributed by atoms with Gasteiger partial charge in [0, 0.05) is 25.0 Å². The predicted molar refractivity (Wildman–Crippen MR) is 81.0 cm³/mol. The molecular weight excluding hydrogens is 248 g/mol. The minimum atomic E-state index is 0.660. The van der Waals surface area contributed by atoms with E-state index in [1.165, 1.54) is 0 Å². The van der Waals surface area contributed by atoms with Crippen LogP contribution in [0.5, 0.6) is 0 Å². The Balaban J connectivity index is 2.25. The Kier molecular flexibility index (Phi) is 2.99. The van der Waals surface area contributed by atoms with Crippen LogP contribution >= 0.6 is 0 Å². The maximum absolute atomic E-state index is 6.19. The zero-order chi connectivity index (χ0) is 14.1. The fourth-order valence-corrected chi connectivity index (χ4v) is 2.31. The highest BCUT2D eigenvalue weighted by Gasteiger charge is 2.17. The molecule has 4 heteroatoms. The van der Waals surface area contributed by atoms with E-state index in [-0.39, 0.29) is 0 Å². The standard InChI is InChI=1S/C16H16N4/c1-11-8-13(10-18-9-11)15-14(16(17)20(2)19-15)12-6-4-3-5-7-12/h3-10H,17H2,1-2H3. The number of benzene rings is 1. The van der Waals surface area contributed by atoms with Crippen LogP contribution in [0.1, 0.15) is 5.56 Å². The van der Waals surface area contributed by atoms with Crippen LogP contribution in [0.25, 0.3) is 22.4 Å². The van der Waals surface area contributed by atoms with Crippen molar-refractivity contribution in [3.63, 3.8) is 0 Å². The van der Waals surface area contributed by atoms with Gasteiger partial charge in [-0.1, -0.05) is 30.3 Å². The predicted octanol–water partition coefficient (Wildman–Crippen LogP) is 3.04. The van der Waals surface area contributed by atoms with Crippen molar-refractivity contribution in [3.05, 3.63) is 54.4 Å². The third kappa shape index (κ3) is 2.05. The van der Waals surface area contributed by atoms with Crippen LogP contribution in [0.15, 0.2) is 48.8 Å². The van der Waals surface area contributed by atoms with Crippen molar-refractivity contribution in [1.29, 1.82) is 0 Å². The summed E-state index contributed by atoms with van der Waals surface area (Å²) < 4.78 is 1.71. The number of hydrogen-bond acceptors (Lipinski definition) is 3. The maximum Gasteiger partial charge on any atom is 0.129 e. The summed E-state index contributed by atoms with van der Waals surface area (Å²) in [4.78, 5) is 4.24. The molecule has 0 spiro atoms. The molecule has 0 amide bonds. The van der Waals surface area contributed by atoms with E-state index in [4.69, 9.17) is 5.73 Å². The van der Waals surface area contributed by atoms with E-state index in [0.717, 1.165) is 27.9 Å². The quantitative estimate of drug-likeness (QED) is 0.774. The summed E-state index contributed by atoms with van der Waals surface area (Å²) in [6.45, 7) is 2.02. The van der Waals surface area contributed by atoms with E-state index < -0.39 is 0 Å². The Bertz CT molecular complexity index is 744. The van der Waals surface area contributed by atoms with Crippen molar-refractivity contribution in [3.8, 4) is 22.4 Å². The first-order chi connectivity index (χ1) is 9.66. The Morgan fingerprint density at radius 1 is 1.05 bits per heavy atom. The summed E-state index contributed by atoms with van der Waals surface area (Å²) in [5.74, 6) is 0.660. The number of nitrogens with zero attached hydrogens (tertiary/aromatic N) is 3. The van der Waals surface area contributed by atoms with Crippen molar-refractivity contribution >= 4 is 5.82 Å². The smallest absolute Gasteiger partial charge is 0.129 e. The molecule has 4 nitrogen and oxygen atoms in total. The molecule has 0 atom stereocenters. The first-order valence-corrected chi connectivity index (χ1v) is 6.46. The average molecular weight is 264 g/mol. The summed E-state index contributed by atoms with van der Waals surface area (Å²) in [5.41, 5.74) is 11.2. The largest absolute Gasteiger partial charge is 0.383 e. The number of anilines is 1. The molecule has 0 aliphatic carbocycles. The Morgan fingerprint density at radius 2 is 1.80 bits per heavy atom. The molecule has 100 valence electrons. The highest BCUT2D eigenvalue weighted by molar-refractivity contribution is 5.87. The van der Waals surface area contributed by atoms with Gasteiger partial charge < -0.3 is 5.73 Å². The second-order valence-corrected chi connectivity index (χ2v) is 4.85. The van der Waals surface area contributed by atoms with Gasteiger partial charge in [-0.2, -0.15) is 5.10 Å². The molecule has 0 aliphatic rings. The molecule has 0 unspecified atom stereocenters. The van der Waals surface area contributed by atoms with Crippen LogP contribution in [0.2, 0.25) is 0 Å². The van der Waals surface area contributed by atoms with Crippen molar-refractivity contribution in [2.45, 2.75) is 6.92 Å². The molecule has 1 aromatic carbocycles. The maximum atomic E-state index is 6.19. The van der Waals surface area contributed by atoms with Gasteiger partial charge in [0.15, 0.2) is 0 Å². The monoisotopic (exact) mass is 264 g/mol. The molecule has 0 aliphatic heterocycles. The van der Waals surface area contributed by atoms with Gasteiger partial charge in [-0.25, -0.2) is 0 Å². The Hall–Kier alpha value is -2.62. The second kappa shape index (κ2) is 4.81. The van der Waals surface area contributed by atoms with Crippen LogP contribution in [-0.4, -0.2) is 14.8 Å². The van der Waals surface area contributed by atoms with E-state index in [1.54, 1.807) is 4.68 Å². The molecule has 2 heterocycles. The van der Waals surface area contributed by atoms with Crippen LogP contribution < -0.4 is 5.73 Å². The van der Waals surface area contributed by atoms with E-state index in [0.29, 0.717) is 5.82 Å². The summed E-state index contributed by atoms with van der Waals surface area (Å²) in [6, 6.07) is 12.1. The molecule has 0 fully saturated rings. The molecule has 3 aromatic rings. The summed E-state index contributed by atoms with van der Waals surface area (Å²) in [7, 11) is 1.86. The van der Waals surface area contributed by atoms with Gasteiger partial charge >= 0.3 is 0 Å². The Labute approximate surface area is 117 Å². The van der Waals surface area contributed by atoms with E-state index in [2.05, 4.69) is 16.1 Å². The number of pyridine rings is 1. The highest BCUT2D eigenvalue weighted by Crippen LogP contribution is 2.35. The van der Waals surface area contributed by atoms with Gasteiger partial charge in [0.2, 0.25) is 0 Å². The minimum absolute atomic E-state index is 0.660. The number of hydrogen-bond donors (Lipinski definition) is 1. The second-order valence-electron chi connectivity index (χ2n) is 4.85. The third-order valence-corrected chi connectivity index (χ3v) is 3.30. The molecule has 0 saturated carbocycles. The fraction of sp³-hybridized carbons (Fsp3) is 0.125. The Morgan fingerprint density at radius 3 is 2.50 bits per heavy atom. The molecule has 20 heavy (non-hydrogen) atoms. The van der Waals surface area contributed by atoms with Gasteiger partial charge in [0.05, 0.1) is 5.56 Å².